The smallest absolute Gasteiger partial charge is 0.416 e. The van der Waals surface area contributed by atoms with Crippen molar-refractivity contribution in [1.82, 2.24) is 10.2 Å². The zero-order chi connectivity index (χ0) is 20.9. The molecule has 0 spiro atoms. The maximum atomic E-state index is 12.6. The first-order valence-electron chi connectivity index (χ1n) is 9.68. The zero-order valence-corrected chi connectivity index (χ0v) is 16.3. The molecule has 0 aromatic heterocycles. The molecule has 1 aliphatic rings. The number of hydrogen-bond acceptors (Lipinski definition) is 3. The van der Waals surface area contributed by atoms with Gasteiger partial charge in [0.15, 0.2) is 6.61 Å². The van der Waals surface area contributed by atoms with Gasteiger partial charge >= 0.3 is 6.18 Å². The summed E-state index contributed by atoms with van der Waals surface area (Å²) in [7, 11) is 0. The Kier molecular flexibility index (Phi) is 6.79. The van der Waals surface area contributed by atoms with E-state index in [2.05, 4.69) is 29.3 Å². The van der Waals surface area contributed by atoms with Gasteiger partial charge in [0.05, 0.1) is 5.56 Å². The van der Waals surface area contributed by atoms with Gasteiger partial charge in [-0.2, -0.15) is 13.2 Å². The first kappa shape index (κ1) is 21.2. The van der Waals surface area contributed by atoms with Gasteiger partial charge in [0.25, 0.3) is 5.91 Å². The molecule has 7 heteroatoms. The van der Waals surface area contributed by atoms with Crippen LogP contribution in [0, 0.1) is 0 Å². The molecule has 0 unspecified atom stereocenters. The number of halogens is 3. The quantitative estimate of drug-likeness (QED) is 0.780. The van der Waals surface area contributed by atoms with E-state index in [1.165, 1.54) is 17.7 Å². The third-order valence-electron chi connectivity index (χ3n) is 5.16. The topological polar surface area (TPSA) is 41.6 Å². The van der Waals surface area contributed by atoms with Crippen LogP contribution in [0.2, 0.25) is 0 Å². The number of amides is 1. The van der Waals surface area contributed by atoms with E-state index in [1.54, 1.807) is 0 Å². The molecular weight excluding hydrogens is 381 g/mol. The van der Waals surface area contributed by atoms with Crippen LogP contribution in [0.1, 0.15) is 30.9 Å². The molecule has 1 N–H and O–H groups in total. The van der Waals surface area contributed by atoms with E-state index in [9.17, 15) is 18.0 Å². The molecule has 0 aliphatic carbocycles. The highest BCUT2D eigenvalue weighted by Crippen LogP contribution is 2.30. The van der Waals surface area contributed by atoms with Gasteiger partial charge in [-0.05, 0) is 49.6 Å². The molecule has 29 heavy (non-hydrogen) atoms. The number of ether oxygens (including phenoxy) is 1. The predicted octanol–water partition coefficient (Wildman–Crippen LogP) is 4.25. The second kappa shape index (κ2) is 9.31. The normalized spacial score (nSPS) is 20.3. The summed E-state index contributed by atoms with van der Waals surface area (Å²) in [5.74, 6) is -0.0298. The fourth-order valence-electron chi connectivity index (χ4n) is 3.56. The average molecular weight is 406 g/mol. The van der Waals surface area contributed by atoms with Gasteiger partial charge in [0.2, 0.25) is 0 Å². The van der Waals surface area contributed by atoms with E-state index < -0.39 is 11.7 Å². The molecule has 0 saturated carbocycles. The lowest BCUT2D eigenvalue weighted by Gasteiger charge is -2.38. The summed E-state index contributed by atoms with van der Waals surface area (Å²) in [6.07, 6.45) is -2.69. The number of nitrogens with one attached hydrogen (secondary N) is 1. The van der Waals surface area contributed by atoms with Gasteiger partial charge < -0.3 is 10.1 Å². The number of piperidine rings is 1. The van der Waals surface area contributed by atoms with Crippen LogP contribution in [0.15, 0.2) is 54.6 Å². The molecule has 4 nitrogen and oxygen atoms in total. The minimum Gasteiger partial charge on any atom is -0.484 e. The van der Waals surface area contributed by atoms with Crippen molar-refractivity contribution in [3.8, 4) is 5.75 Å². The van der Waals surface area contributed by atoms with Crippen molar-refractivity contribution in [2.45, 2.75) is 44.6 Å². The summed E-state index contributed by atoms with van der Waals surface area (Å²) >= 11 is 0. The number of carbonyl (C=O) groups excluding carboxylic acids is 1. The fourth-order valence-corrected chi connectivity index (χ4v) is 3.56. The van der Waals surface area contributed by atoms with Crippen molar-refractivity contribution < 1.29 is 22.7 Å². The number of rotatable bonds is 6. The first-order chi connectivity index (χ1) is 13.8. The van der Waals surface area contributed by atoms with Crippen LogP contribution in [0.4, 0.5) is 13.2 Å². The Morgan fingerprint density at radius 2 is 1.83 bits per heavy atom. The standard InChI is InChI=1S/C22H25F3N2O2/c1-16-13-19(11-12-27(16)14-17-5-3-2-4-6-17)26-21(28)15-29-20-9-7-18(8-10-20)22(23,24)25/h2-10,16,19H,11-15H2,1H3,(H,26,28)/t16-,19+/m0/s1. The number of carbonyl (C=O) groups is 1. The van der Waals surface area contributed by atoms with Crippen LogP contribution in [-0.4, -0.2) is 36.0 Å². The van der Waals surface area contributed by atoms with E-state index in [0.717, 1.165) is 38.1 Å². The van der Waals surface area contributed by atoms with Gasteiger partial charge in [0.1, 0.15) is 5.75 Å². The molecule has 2 aromatic carbocycles. The monoisotopic (exact) mass is 406 g/mol. The van der Waals surface area contributed by atoms with Gasteiger partial charge in [-0.3, -0.25) is 9.69 Å². The third kappa shape index (κ3) is 6.22. The summed E-state index contributed by atoms with van der Waals surface area (Å²) in [5, 5.41) is 2.97. The Morgan fingerprint density at radius 1 is 1.14 bits per heavy atom. The molecule has 3 rings (SSSR count). The SMILES string of the molecule is C[C@H]1C[C@H](NC(=O)COc2ccc(C(F)(F)F)cc2)CCN1Cc1ccccc1. The molecule has 1 saturated heterocycles. The zero-order valence-electron chi connectivity index (χ0n) is 16.3. The number of nitrogens with zero attached hydrogens (tertiary/aromatic N) is 1. The Morgan fingerprint density at radius 3 is 2.45 bits per heavy atom. The van der Waals surface area contributed by atoms with E-state index in [-0.39, 0.29) is 24.3 Å². The van der Waals surface area contributed by atoms with Crippen LogP contribution in [0.25, 0.3) is 0 Å². The van der Waals surface area contributed by atoms with E-state index >= 15 is 0 Å². The molecule has 2 aromatic rings. The second-order valence-electron chi connectivity index (χ2n) is 7.40. The number of hydrogen-bond donors (Lipinski definition) is 1. The van der Waals surface area contributed by atoms with E-state index in [0.29, 0.717) is 6.04 Å². The molecule has 1 amide bonds. The minimum atomic E-state index is -4.39. The number of alkyl halides is 3. The largest absolute Gasteiger partial charge is 0.484 e. The number of likely N-dealkylation sites (tertiary alicyclic amines) is 1. The van der Waals surface area contributed by atoms with Crippen molar-refractivity contribution in [2.24, 2.45) is 0 Å². The fraction of sp³-hybridized carbons (Fsp3) is 0.409. The predicted molar refractivity (Wildman–Crippen MR) is 104 cm³/mol. The average Bonchev–Trinajstić information content (AvgIpc) is 2.69. The van der Waals surface area contributed by atoms with Gasteiger partial charge in [-0.1, -0.05) is 30.3 Å². The lowest BCUT2D eigenvalue weighted by molar-refractivity contribution is -0.137. The Bertz CT molecular complexity index is 794. The van der Waals surface area contributed by atoms with Crippen molar-refractivity contribution in [1.29, 1.82) is 0 Å². The highest BCUT2D eigenvalue weighted by atomic mass is 19.4. The molecule has 0 bridgehead atoms. The molecule has 1 heterocycles. The van der Waals surface area contributed by atoms with E-state index in [1.807, 2.05) is 18.2 Å². The summed E-state index contributed by atoms with van der Waals surface area (Å²) in [4.78, 5) is 14.6. The van der Waals surface area contributed by atoms with Crippen LogP contribution in [-0.2, 0) is 17.5 Å². The Balaban J connectivity index is 1.42. The Labute approximate surface area is 168 Å². The lowest BCUT2D eigenvalue weighted by atomic mass is 9.97. The number of benzene rings is 2. The van der Waals surface area contributed by atoms with Crippen LogP contribution < -0.4 is 10.1 Å². The van der Waals surface area contributed by atoms with Crippen molar-refractivity contribution in [3.63, 3.8) is 0 Å². The van der Waals surface area contributed by atoms with Gasteiger partial charge in [-0.25, -0.2) is 0 Å². The molecule has 2 atom stereocenters. The van der Waals surface area contributed by atoms with Crippen molar-refractivity contribution in [2.75, 3.05) is 13.2 Å². The second-order valence-corrected chi connectivity index (χ2v) is 7.40. The van der Waals surface area contributed by atoms with Gasteiger partial charge in [0, 0.05) is 25.2 Å². The summed E-state index contributed by atoms with van der Waals surface area (Å²) in [6, 6.07) is 15.0. The minimum absolute atomic E-state index is 0.0701. The van der Waals surface area contributed by atoms with Crippen LogP contribution >= 0.6 is 0 Å². The van der Waals surface area contributed by atoms with Crippen molar-refractivity contribution >= 4 is 5.91 Å². The van der Waals surface area contributed by atoms with Crippen LogP contribution in [0.5, 0.6) is 5.75 Å². The highest BCUT2D eigenvalue weighted by Gasteiger charge is 2.30. The molecule has 1 fully saturated rings. The summed E-state index contributed by atoms with van der Waals surface area (Å²) in [5.41, 5.74) is 0.525. The van der Waals surface area contributed by atoms with Gasteiger partial charge in [-0.15, -0.1) is 0 Å². The first-order valence-corrected chi connectivity index (χ1v) is 9.68. The summed E-state index contributed by atoms with van der Waals surface area (Å²) in [6.45, 7) is 3.71. The lowest BCUT2D eigenvalue weighted by Crippen LogP contribution is -2.49. The Hall–Kier alpha value is -2.54. The van der Waals surface area contributed by atoms with E-state index in [4.69, 9.17) is 4.74 Å². The molecular formula is C22H25F3N2O2. The third-order valence-corrected chi connectivity index (χ3v) is 5.16. The maximum Gasteiger partial charge on any atom is 0.416 e. The van der Waals surface area contributed by atoms with Crippen molar-refractivity contribution in [3.05, 3.63) is 65.7 Å². The van der Waals surface area contributed by atoms with Crippen LogP contribution in [0.3, 0.4) is 0 Å². The molecule has 1 aliphatic heterocycles. The highest BCUT2D eigenvalue weighted by molar-refractivity contribution is 5.77. The summed E-state index contributed by atoms with van der Waals surface area (Å²) < 4.78 is 43.0. The molecule has 0 radical (unpaired) electrons. The molecule has 156 valence electrons. The maximum absolute atomic E-state index is 12.6.